The Bertz CT molecular complexity index is 582. The fraction of sp³-hybridized carbons (Fsp3) is 0.529. The number of rotatable bonds is 3. The Hall–Kier alpha value is -1.16. The summed E-state index contributed by atoms with van der Waals surface area (Å²) in [7, 11) is 0. The zero-order chi connectivity index (χ0) is 15.0. The van der Waals surface area contributed by atoms with Gasteiger partial charge in [-0.25, -0.2) is 0 Å². The summed E-state index contributed by atoms with van der Waals surface area (Å²) < 4.78 is 0.968. The topological polar surface area (TPSA) is 46.2 Å². The van der Waals surface area contributed by atoms with Crippen molar-refractivity contribution in [2.24, 2.45) is 11.3 Å². The lowest BCUT2D eigenvalue weighted by Gasteiger charge is -2.44. The van der Waals surface area contributed by atoms with E-state index in [0.29, 0.717) is 12.3 Å². The van der Waals surface area contributed by atoms with Gasteiger partial charge in [-0.05, 0) is 35.4 Å². The van der Waals surface area contributed by atoms with E-state index in [9.17, 15) is 9.59 Å². The number of halogens is 1. The molecule has 112 valence electrons. The molecule has 0 radical (unpaired) electrons. The van der Waals surface area contributed by atoms with Crippen LogP contribution in [0.15, 0.2) is 28.7 Å². The number of nitrogens with one attached hydrogen (secondary N) is 1. The summed E-state index contributed by atoms with van der Waals surface area (Å²) in [5, 5.41) is 2.52. The zero-order valence-corrected chi connectivity index (χ0v) is 13.8. The van der Waals surface area contributed by atoms with Gasteiger partial charge >= 0.3 is 0 Å². The first-order chi connectivity index (χ1) is 9.98. The van der Waals surface area contributed by atoms with Gasteiger partial charge in [0.25, 0.3) is 0 Å². The van der Waals surface area contributed by atoms with Crippen molar-refractivity contribution in [3.05, 3.63) is 34.3 Å². The molecule has 21 heavy (non-hydrogen) atoms. The van der Waals surface area contributed by atoms with Crippen LogP contribution in [0.5, 0.6) is 0 Å². The molecule has 1 saturated heterocycles. The maximum Gasteiger partial charge on any atom is 0.234 e. The molecule has 2 aliphatic rings. The van der Waals surface area contributed by atoms with Gasteiger partial charge in [0.05, 0.1) is 5.92 Å². The number of benzene rings is 1. The zero-order valence-electron chi connectivity index (χ0n) is 12.2. The van der Waals surface area contributed by atoms with Gasteiger partial charge in [-0.2, -0.15) is 0 Å². The Morgan fingerprint density at radius 3 is 2.71 bits per heavy atom. The van der Waals surface area contributed by atoms with Gasteiger partial charge in [0.1, 0.15) is 0 Å². The first kappa shape index (κ1) is 14.8. The molecule has 3 nitrogen and oxygen atoms in total. The van der Waals surface area contributed by atoms with Gasteiger partial charge in [-0.1, -0.05) is 54.2 Å². The van der Waals surface area contributed by atoms with Gasteiger partial charge in [0.15, 0.2) is 0 Å². The number of imide groups is 1. The molecule has 1 aliphatic heterocycles. The van der Waals surface area contributed by atoms with E-state index in [0.717, 1.165) is 16.5 Å². The highest BCUT2D eigenvalue weighted by atomic mass is 79.9. The minimum absolute atomic E-state index is 0.131. The van der Waals surface area contributed by atoms with E-state index in [1.165, 1.54) is 19.3 Å². The second kappa shape index (κ2) is 5.56. The van der Waals surface area contributed by atoms with Crippen LogP contribution in [0.25, 0.3) is 0 Å². The standard InChI is InChI=1S/C17H20BrNO2/c1-17(9-11-4-2-5-11)10-14(20)19-16(21)15(17)12-6-3-7-13(18)8-12/h3,6-8,11,15H,2,4-5,9-10H2,1H3,(H,19,20,21). The lowest BCUT2D eigenvalue weighted by Crippen LogP contribution is -2.50. The van der Waals surface area contributed by atoms with E-state index in [1.54, 1.807) is 0 Å². The average molecular weight is 350 g/mol. The normalized spacial score (nSPS) is 29.9. The third-order valence-electron chi connectivity index (χ3n) is 4.95. The minimum atomic E-state index is -0.273. The molecular formula is C17H20BrNO2. The number of hydrogen-bond donors (Lipinski definition) is 1. The van der Waals surface area contributed by atoms with Crippen molar-refractivity contribution in [3.8, 4) is 0 Å². The van der Waals surface area contributed by atoms with Crippen molar-refractivity contribution in [2.75, 3.05) is 0 Å². The minimum Gasteiger partial charge on any atom is -0.296 e. The molecule has 2 unspecified atom stereocenters. The number of hydrogen-bond acceptors (Lipinski definition) is 2. The van der Waals surface area contributed by atoms with Gasteiger partial charge in [-0.15, -0.1) is 0 Å². The summed E-state index contributed by atoms with van der Waals surface area (Å²) in [4.78, 5) is 24.4. The molecule has 0 bridgehead atoms. The molecule has 1 saturated carbocycles. The lowest BCUT2D eigenvalue weighted by atomic mass is 9.62. The van der Waals surface area contributed by atoms with Crippen LogP contribution in [0, 0.1) is 11.3 Å². The molecule has 2 amide bonds. The molecule has 0 aromatic heterocycles. The average Bonchev–Trinajstić information content (AvgIpc) is 2.33. The molecule has 1 heterocycles. The third-order valence-corrected chi connectivity index (χ3v) is 5.44. The van der Waals surface area contributed by atoms with E-state index < -0.39 is 0 Å². The monoisotopic (exact) mass is 349 g/mol. The maximum absolute atomic E-state index is 12.5. The van der Waals surface area contributed by atoms with E-state index in [1.807, 2.05) is 24.3 Å². The molecule has 1 N–H and O–H groups in total. The van der Waals surface area contributed by atoms with Crippen LogP contribution in [0.1, 0.15) is 50.5 Å². The number of amides is 2. The summed E-state index contributed by atoms with van der Waals surface area (Å²) in [5.41, 5.74) is 0.724. The van der Waals surface area contributed by atoms with Crippen LogP contribution in [0.4, 0.5) is 0 Å². The second-order valence-electron chi connectivity index (χ2n) is 6.73. The summed E-state index contributed by atoms with van der Waals surface area (Å²) in [6, 6.07) is 7.90. The largest absolute Gasteiger partial charge is 0.296 e. The van der Waals surface area contributed by atoms with E-state index >= 15 is 0 Å². The van der Waals surface area contributed by atoms with E-state index in [-0.39, 0.29) is 23.1 Å². The van der Waals surface area contributed by atoms with Crippen LogP contribution in [0.3, 0.4) is 0 Å². The summed E-state index contributed by atoms with van der Waals surface area (Å²) >= 11 is 3.48. The molecule has 4 heteroatoms. The Balaban J connectivity index is 1.95. The smallest absolute Gasteiger partial charge is 0.234 e. The summed E-state index contributed by atoms with van der Waals surface area (Å²) in [5.74, 6) is 0.149. The summed E-state index contributed by atoms with van der Waals surface area (Å²) in [6.45, 7) is 2.10. The quantitative estimate of drug-likeness (QED) is 0.844. The highest BCUT2D eigenvalue weighted by Gasteiger charge is 2.47. The molecule has 2 atom stereocenters. The Morgan fingerprint density at radius 2 is 2.10 bits per heavy atom. The molecule has 1 aliphatic carbocycles. The molecule has 1 aromatic carbocycles. The molecule has 0 spiro atoms. The van der Waals surface area contributed by atoms with Crippen molar-refractivity contribution in [1.82, 2.24) is 5.32 Å². The van der Waals surface area contributed by atoms with E-state index in [4.69, 9.17) is 0 Å². The SMILES string of the molecule is CC1(CC2CCC2)CC(=O)NC(=O)C1c1cccc(Br)c1. The fourth-order valence-electron chi connectivity index (χ4n) is 3.83. The Morgan fingerprint density at radius 1 is 1.33 bits per heavy atom. The third kappa shape index (κ3) is 2.91. The Labute approximate surface area is 133 Å². The first-order valence-corrected chi connectivity index (χ1v) is 8.36. The van der Waals surface area contributed by atoms with Crippen LogP contribution in [-0.2, 0) is 9.59 Å². The van der Waals surface area contributed by atoms with Crippen molar-refractivity contribution < 1.29 is 9.59 Å². The number of carbonyl (C=O) groups excluding carboxylic acids is 2. The van der Waals surface area contributed by atoms with Crippen molar-refractivity contribution in [3.63, 3.8) is 0 Å². The number of carbonyl (C=O) groups is 2. The van der Waals surface area contributed by atoms with Crippen molar-refractivity contribution in [1.29, 1.82) is 0 Å². The van der Waals surface area contributed by atoms with Crippen molar-refractivity contribution in [2.45, 2.75) is 44.9 Å². The second-order valence-corrected chi connectivity index (χ2v) is 7.65. The first-order valence-electron chi connectivity index (χ1n) is 7.57. The Kier molecular flexibility index (Phi) is 3.91. The number of piperidine rings is 1. The van der Waals surface area contributed by atoms with Crippen molar-refractivity contribution >= 4 is 27.7 Å². The predicted octanol–water partition coefficient (Wildman–Crippen LogP) is 3.78. The highest BCUT2D eigenvalue weighted by Crippen LogP contribution is 2.49. The fourth-order valence-corrected chi connectivity index (χ4v) is 4.24. The van der Waals surface area contributed by atoms with Gasteiger partial charge < -0.3 is 0 Å². The summed E-state index contributed by atoms with van der Waals surface area (Å²) in [6.07, 6.45) is 5.14. The van der Waals surface area contributed by atoms with Gasteiger partial charge in [-0.3, -0.25) is 14.9 Å². The highest BCUT2D eigenvalue weighted by molar-refractivity contribution is 9.10. The van der Waals surface area contributed by atoms with Crippen LogP contribution in [0.2, 0.25) is 0 Å². The maximum atomic E-state index is 12.5. The predicted molar refractivity (Wildman–Crippen MR) is 84.7 cm³/mol. The van der Waals surface area contributed by atoms with Crippen LogP contribution < -0.4 is 5.32 Å². The molecular weight excluding hydrogens is 330 g/mol. The van der Waals surface area contributed by atoms with Gasteiger partial charge in [0.2, 0.25) is 11.8 Å². The van der Waals surface area contributed by atoms with Gasteiger partial charge in [0, 0.05) is 10.9 Å². The molecule has 3 rings (SSSR count). The lowest BCUT2D eigenvalue weighted by molar-refractivity contribution is -0.140. The van der Waals surface area contributed by atoms with E-state index in [2.05, 4.69) is 28.2 Å². The molecule has 1 aromatic rings. The van der Waals surface area contributed by atoms with Crippen LogP contribution >= 0.6 is 15.9 Å². The molecule has 2 fully saturated rings. The van der Waals surface area contributed by atoms with Crippen LogP contribution in [-0.4, -0.2) is 11.8 Å².